The first-order valence-electron chi connectivity index (χ1n) is 5.08. The molecule has 1 aliphatic rings. The summed E-state index contributed by atoms with van der Waals surface area (Å²) in [4.78, 5) is 10.5. The highest BCUT2D eigenvalue weighted by atomic mass is 19.4. The molecule has 1 rings (SSSR count). The Morgan fingerprint density at radius 3 is 2.44 bits per heavy atom. The van der Waals surface area contributed by atoms with Gasteiger partial charge in [0.05, 0.1) is 6.61 Å². The van der Waals surface area contributed by atoms with Gasteiger partial charge in [-0.3, -0.25) is 0 Å². The fraction of sp³-hybridized carbons (Fsp3) is 0.889. The zero-order chi connectivity index (χ0) is 13.8. The molecule has 106 valence electrons. The Balaban J connectivity index is 2.10. The Morgan fingerprint density at radius 1 is 1.28 bits per heavy atom. The minimum absolute atomic E-state index is 0.0163. The van der Waals surface area contributed by atoms with Gasteiger partial charge in [-0.2, -0.15) is 22.0 Å². The molecule has 1 fully saturated rings. The van der Waals surface area contributed by atoms with Crippen molar-refractivity contribution in [2.75, 3.05) is 19.8 Å². The van der Waals surface area contributed by atoms with Crippen LogP contribution in [0.1, 0.15) is 12.8 Å². The van der Waals surface area contributed by atoms with Gasteiger partial charge in [0.15, 0.2) is 6.10 Å². The standard InChI is InChI=1S/C9H11F5O4/c10-8(11,9(12,13)14)2-1-3-16-4-6-5-17-7(15)18-6/h6H,1-5H2. The summed E-state index contributed by atoms with van der Waals surface area (Å²) < 4.78 is 74.0. The third kappa shape index (κ3) is 4.28. The first-order valence-corrected chi connectivity index (χ1v) is 5.08. The maximum absolute atomic E-state index is 12.4. The summed E-state index contributed by atoms with van der Waals surface area (Å²) >= 11 is 0. The minimum Gasteiger partial charge on any atom is -0.430 e. The zero-order valence-electron chi connectivity index (χ0n) is 9.14. The summed E-state index contributed by atoms with van der Waals surface area (Å²) in [5.74, 6) is -4.71. The van der Waals surface area contributed by atoms with Crippen LogP contribution < -0.4 is 0 Å². The quantitative estimate of drug-likeness (QED) is 0.425. The number of alkyl halides is 5. The molecule has 9 heteroatoms. The van der Waals surface area contributed by atoms with Crippen LogP contribution in [0.4, 0.5) is 26.7 Å². The lowest BCUT2D eigenvalue weighted by molar-refractivity contribution is -0.285. The topological polar surface area (TPSA) is 44.8 Å². The first kappa shape index (κ1) is 14.9. The second kappa shape index (κ2) is 5.68. The maximum atomic E-state index is 12.4. The zero-order valence-corrected chi connectivity index (χ0v) is 9.14. The molecule has 0 spiro atoms. The van der Waals surface area contributed by atoms with Crippen molar-refractivity contribution in [1.82, 2.24) is 0 Å². The molecule has 0 aromatic heterocycles. The Labute approximate surface area is 99.0 Å². The average Bonchev–Trinajstić information content (AvgIpc) is 2.62. The normalized spacial score (nSPS) is 20.7. The number of halogens is 5. The summed E-state index contributed by atoms with van der Waals surface area (Å²) in [6, 6.07) is 0. The van der Waals surface area contributed by atoms with Crippen LogP contribution in [0.2, 0.25) is 0 Å². The second-order valence-corrected chi connectivity index (χ2v) is 3.68. The SMILES string of the molecule is O=C1OCC(COCCCC(F)(F)C(F)(F)F)O1. The summed E-state index contributed by atoms with van der Waals surface area (Å²) in [5.41, 5.74) is 0. The highest BCUT2D eigenvalue weighted by Gasteiger charge is 2.56. The van der Waals surface area contributed by atoms with Gasteiger partial charge in [0.25, 0.3) is 0 Å². The molecule has 0 N–H and O–H groups in total. The molecule has 0 aromatic carbocycles. The van der Waals surface area contributed by atoms with E-state index in [1.807, 2.05) is 0 Å². The van der Waals surface area contributed by atoms with Gasteiger partial charge < -0.3 is 14.2 Å². The number of carbonyl (C=O) groups is 1. The van der Waals surface area contributed by atoms with E-state index < -0.39 is 37.2 Å². The lowest BCUT2D eigenvalue weighted by Crippen LogP contribution is -2.36. The van der Waals surface area contributed by atoms with Crippen molar-refractivity contribution in [1.29, 1.82) is 0 Å². The predicted molar refractivity (Wildman–Crippen MR) is 47.3 cm³/mol. The van der Waals surface area contributed by atoms with Crippen molar-refractivity contribution >= 4 is 6.16 Å². The van der Waals surface area contributed by atoms with Crippen LogP contribution in [0.5, 0.6) is 0 Å². The van der Waals surface area contributed by atoms with Gasteiger partial charge in [-0.1, -0.05) is 0 Å². The first-order chi connectivity index (χ1) is 8.22. The van der Waals surface area contributed by atoms with E-state index in [-0.39, 0.29) is 19.8 Å². The van der Waals surface area contributed by atoms with Crippen LogP contribution in [0.25, 0.3) is 0 Å². The van der Waals surface area contributed by atoms with E-state index in [9.17, 15) is 26.7 Å². The number of ether oxygens (including phenoxy) is 3. The summed E-state index contributed by atoms with van der Waals surface area (Å²) in [5, 5.41) is 0. The van der Waals surface area contributed by atoms with E-state index in [4.69, 9.17) is 4.74 Å². The molecule has 0 saturated carbocycles. The predicted octanol–water partition coefficient (Wildman–Crippen LogP) is 2.52. The smallest absolute Gasteiger partial charge is 0.430 e. The molecule has 0 bridgehead atoms. The highest BCUT2D eigenvalue weighted by molar-refractivity contribution is 5.61. The van der Waals surface area contributed by atoms with E-state index in [1.54, 1.807) is 0 Å². The third-order valence-electron chi connectivity index (χ3n) is 2.15. The number of hydrogen-bond donors (Lipinski definition) is 0. The molecule has 1 unspecified atom stereocenters. The van der Waals surface area contributed by atoms with Crippen LogP contribution in [-0.2, 0) is 14.2 Å². The van der Waals surface area contributed by atoms with Gasteiger partial charge in [-0.15, -0.1) is 0 Å². The van der Waals surface area contributed by atoms with Gasteiger partial charge >= 0.3 is 18.3 Å². The van der Waals surface area contributed by atoms with Crippen molar-refractivity contribution in [3.63, 3.8) is 0 Å². The van der Waals surface area contributed by atoms with Gasteiger partial charge in [-0.05, 0) is 6.42 Å². The van der Waals surface area contributed by atoms with E-state index >= 15 is 0 Å². The van der Waals surface area contributed by atoms with Gasteiger partial charge in [0.1, 0.15) is 6.61 Å². The molecular formula is C9H11F5O4. The van der Waals surface area contributed by atoms with Crippen LogP contribution in [0, 0.1) is 0 Å². The van der Waals surface area contributed by atoms with Crippen molar-refractivity contribution in [3.8, 4) is 0 Å². The van der Waals surface area contributed by atoms with Crippen LogP contribution in [0.3, 0.4) is 0 Å². The molecule has 18 heavy (non-hydrogen) atoms. The van der Waals surface area contributed by atoms with Crippen molar-refractivity contribution in [2.45, 2.75) is 31.0 Å². The Morgan fingerprint density at radius 2 is 1.94 bits per heavy atom. The fourth-order valence-corrected chi connectivity index (χ4v) is 1.20. The highest BCUT2D eigenvalue weighted by Crippen LogP contribution is 2.38. The number of carbonyl (C=O) groups excluding carboxylic acids is 1. The summed E-state index contributed by atoms with van der Waals surface area (Å²) in [6.45, 7) is -0.388. The van der Waals surface area contributed by atoms with E-state index in [2.05, 4.69) is 9.47 Å². The molecule has 1 heterocycles. The van der Waals surface area contributed by atoms with Crippen molar-refractivity contribution in [2.24, 2.45) is 0 Å². The Hall–Kier alpha value is -1.12. The Kier molecular flexibility index (Phi) is 4.71. The van der Waals surface area contributed by atoms with E-state index in [1.165, 1.54) is 0 Å². The molecule has 1 atom stereocenters. The average molecular weight is 278 g/mol. The molecule has 0 aliphatic carbocycles. The largest absolute Gasteiger partial charge is 0.508 e. The third-order valence-corrected chi connectivity index (χ3v) is 2.15. The van der Waals surface area contributed by atoms with Crippen LogP contribution in [0.15, 0.2) is 0 Å². The van der Waals surface area contributed by atoms with Gasteiger partial charge in [0, 0.05) is 13.0 Å². The Bertz CT molecular complexity index is 291. The second-order valence-electron chi connectivity index (χ2n) is 3.68. The van der Waals surface area contributed by atoms with Crippen molar-refractivity contribution < 1.29 is 41.0 Å². The number of cyclic esters (lactones) is 2. The van der Waals surface area contributed by atoms with Gasteiger partial charge in [0.2, 0.25) is 0 Å². The monoisotopic (exact) mass is 278 g/mol. The molecule has 0 radical (unpaired) electrons. The lowest BCUT2D eigenvalue weighted by Gasteiger charge is -2.19. The summed E-state index contributed by atoms with van der Waals surface area (Å²) in [6.07, 6.45) is -8.82. The fourth-order valence-electron chi connectivity index (χ4n) is 1.20. The van der Waals surface area contributed by atoms with E-state index in [0.29, 0.717) is 0 Å². The van der Waals surface area contributed by atoms with Crippen LogP contribution >= 0.6 is 0 Å². The molecule has 1 saturated heterocycles. The number of rotatable bonds is 6. The van der Waals surface area contributed by atoms with Crippen LogP contribution in [-0.4, -0.2) is 44.2 Å². The minimum atomic E-state index is -5.54. The molecule has 1 aliphatic heterocycles. The molecule has 4 nitrogen and oxygen atoms in total. The maximum Gasteiger partial charge on any atom is 0.508 e. The van der Waals surface area contributed by atoms with Gasteiger partial charge in [-0.25, -0.2) is 4.79 Å². The molecule has 0 amide bonds. The number of hydrogen-bond acceptors (Lipinski definition) is 4. The summed E-state index contributed by atoms with van der Waals surface area (Å²) in [7, 11) is 0. The molecule has 0 aromatic rings. The van der Waals surface area contributed by atoms with E-state index in [0.717, 1.165) is 0 Å². The molecular weight excluding hydrogens is 267 g/mol. The lowest BCUT2D eigenvalue weighted by atomic mass is 10.2. The van der Waals surface area contributed by atoms with Crippen molar-refractivity contribution in [3.05, 3.63) is 0 Å².